The van der Waals surface area contributed by atoms with Crippen LogP contribution >= 0.6 is 0 Å². The van der Waals surface area contributed by atoms with E-state index in [0.29, 0.717) is 23.3 Å². The van der Waals surface area contributed by atoms with Crippen LogP contribution in [0.5, 0.6) is 5.75 Å². The average molecular weight is 363 g/mol. The zero-order valence-electron chi connectivity index (χ0n) is 15.7. The number of alkyl carbamates (subject to hydrolysis) is 1. The number of hydrogen-bond donors (Lipinski definition) is 2. The van der Waals surface area contributed by atoms with Crippen LogP contribution in [0.25, 0.3) is 0 Å². The number of carbonyl (C=O) groups is 3. The van der Waals surface area contributed by atoms with E-state index in [0.717, 1.165) is 0 Å². The highest BCUT2D eigenvalue weighted by molar-refractivity contribution is 6.14. The van der Waals surface area contributed by atoms with Gasteiger partial charge in [0.2, 0.25) is 0 Å². The van der Waals surface area contributed by atoms with Crippen LogP contribution in [0.3, 0.4) is 0 Å². The molecule has 0 spiro atoms. The van der Waals surface area contributed by atoms with Crippen LogP contribution in [-0.4, -0.2) is 35.7 Å². The highest BCUT2D eigenvalue weighted by atomic mass is 16.6. The van der Waals surface area contributed by atoms with Crippen LogP contribution in [0.4, 0.5) is 4.79 Å². The number of amides is 1. The highest BCUT2D eigenvalue weighted by Gasteiger charge is 2.63. The summed E-state index contributed by atoms with van der Waals surface area (Å²) in [6.45, 7) is 7.12. The van der Waals surface area contributed by atoms with Crippen LogP contribution in [0.2, 0.25) is 0 Å². The lowest BCUT2D eigenvalue weighted by Crippen LogP contribution is -2.32. The fraction of sp³-hybridized carbons (Fsp3) is 0.526. The molecule has 0 radical (unpaired) electrons. The van der Waals surface area contributed by atoms with Gasteiger partial charge in [-0.2, -0.15) is 0 Å². The van der Waals surface area contributed by atoms with Gasteiger partial charge in [-0.1, -0.05) is 6.92 Å². The van der Waals surface area contributed by atoms with Crippen molar-refractivity contribution >= 4 is 17.8 Å². The van der Waals surface area contributed by atoms with E-state index >= 15 is 0 Å². The summed E-state index contributed by atoms with van der Waals surface area (Å²) in [5.41, 5.74) is -1.11. The Morgan fingerprint density at radius 3 is 2.38 bits per heavy atom. The van der Waals surface area contributed by atoms with Crippen LogP contribution < -0.4 is 10.1 Å². The van der Waals surface area contributed by atoms with Crippen molar-refractivity contribution in [2.75, 3.05) is 7.11 Å². The van der Waals surface area contributed by atoms with E-state index in [4.69, 9.17) is 9.47 Å². The van der Waals surface area contributed by atoms with Crippen molar-refractivity contribution in [3.8, 4) is 5.75 Å². The molecule has 26 heavy (non-hydrogen) atoms. The van der Waals surface area contributed by atoms with Crippen molar-refractivity contribution in [2.45, 2.75) is 46.3 Å². The second-order valence-electron chi connectivity index (χ2n) is 7.59. The van der Waals surface area contributed by atoms with Crippen LogP contribution in [-0.2, 0) is 16.1 Å². The Bertz CT molecular complexity index is 736. The number of rotatable bonds is 6. The number of ketones is 1. The molecule has 2 rings (SSSR count). The lowest BCUT2D eigenvalue weighted by atomic mass is 9.91. The molecule has 1 amide bonds. The van der Waals surface area contributed by atoms with Gasteiger partial charge in [-0.05, 0) is 51.3 Å². The first-order valence-corrected chi connectivity index (χ1v) is 8.43. The number of ether oxygens (including phenoxy) is 2. The molecule has 0 bridgehead atoms. The average Bonchev–Trinajstić information content (AvgIpc) is 3.23. The van der Waals surface area contributed by atoms with Gasteiger partial charge in [0.05, 0.1) is 7.11 Å². The molecule has 142 valence electrons. The number of carbonyl (C=O) groups excluding carboxylic acids is 2. The Kier molecular flexibility index (Phi) is 5.30. The molecule has 0 heterocycles. The summed E-state index contributed by atoms with van der Waals surface area (Å²) in [6, 6.07) is 4.71. The molecule has 1 saturated carbocycles. The van der Waals surface area contributed by atoms with Crippen molar-refractivity contribution < 1.29 is 29.0 Å². The summed E-state index contributed by atoms with van der Waals surface area (Å²) in [4.78, 5) is 36.1. The zero-order chi connectivity index (χ0) is 19.7. The third-order valence-corrected chi connectivity index (χ3v) is 4.46. The van der Waals surface area contributed by atoms with Crippen molar-refractivity contribution in [3.63, 3.8) is 0 Å². The maximum atomic E-state index is 12.7. The number of aliphatic carboxylic acids is 1. The molecular weight excluding hydrogens is 338 g/mol. The Morgan fingerprint density at radius 2 is 1.92 bits per heavy atom. The number of methoxy groups -OCH3 is 1. The Morgan fingerprint density at radius 1 is 1.31 bits per heavy atom. The summed E-state index contributed by atoms with van der Waals surface area (Å²) in [7, 11) is 1.48. The molecule has 2 atom stereocenters. The zero-order valence-corrected chi connectivity index (χ0v) is 15.7. The first-order valence-electron chi connectivity index (χ1n) is 8.43. The topological polar surface area (TPSA) is 102 Å². The predicted octanol–water partition coefficient (Wildman–Crippen LogP) is 3.01. The highest BCUT2D eigenvalue weighted by Crippen LogP contribution is 2.54. The van der Waals surface area contributed by atoms with E-state index in [2.05, 4.69) is 5.32 Å². The first-order chi connectivity index (χ1) is 12.0. The van der Waals surface area contributed by atoms with E-state index in [1.54, 1.807) is 45.9 Å². The van der Waals surface area contributed by atoms with Crippen molar-refractivity contribution in [2.24, 2.45) is 11.3 Å². The van der Waals surface area contributed by atoms with Crippen LogP contribution in [0.15, 0.2) is 18.2 Å². The fourth-order valence-electron chi connectivity index (χ4n) is 2.93. The number of nitrogens with one attached hydrogen (secondary N) is 1. The van der Waals surface area contributed by atoms with E-state index in [9.17, 15) is 19.5 Å². The number of carboxylic acids is 1. The van der Waals surface area contributed by atoms with Gasteiger partial charge in [-0.15, -0.1) is 0 Å². The normalized spacial score (nSPS) is 21.7. The summed E-state index contributed by atoms with van der Waals surface area (Å²) in [5, 5.41) is 12.1. The van der Waals surface area contributed by atoms with E-state index in [-0.39, 0.29) is 12.5 Å². The monoisotopic (exact) mass is 363 g/mol. The molecule has 1 aliphatic rings. The molecule has 1 aliphatic carbocycles. The molecular formula is C19H25NO6. The fourth-order valence-corrected chi connectivity index (χ4v) is 2.93. The minimum atomic E-state index is -1.34. The largest absolute Gasteiger partial charge is 0.496 e. The molecule has 7 heteroatoms. The Labute approximate surface area is 152 Å². The molecule has 1 aromatic rings. The van der Waals surface area contributed by atoms with Gasteiger partial charge in [0.15, 0.2) is 5.78 Å². The molecule has 1 aromatic carbocycles. The van der Waals surface area contributed by atoms with Gasteiger partial charge in [0, 0.05) is 17.7 Å². The smallest absolute Gasteiger partial charge is 0.407 e. The lowest BCUT2D eigenvalue weighted by Gasteiger charge is -2.20. The van der Waals surface area contributed by atoms with Gasteiger partial charge in [0.25, 0.3) is 0 Å². The van der Waals surface area contributed by atoms with Gasteiger partial charge < -0.3 is 19.9 Å². The Hall–Kier alpha value is -2.57. The van der Waals surface area contributed by atoms with E-state index in [1.807, 2.05) is 0 Å². The molecule has 0 saturated heterocycles. The molecule has 2 unspecified atom stereocenters. The first kappa shape index (κ1) is 19.8. The van der Waals surface area contributed by atoms with Gasteiger partial charge in [-0.3, -0.25) is 9.59 Å². The minimum Gasteiger partial charge on any atom is -0.496 e. The minimum absolute atomic E-state index is 0.0921. The number of benzene rings is 1. The summed E-state index contributed by atoms with van der Waals surface area (Å²) in [5.74, 6) is -1.22. The third-order valence-electron chi connectivity index (χ3n) is 4.46. The second kappa shape index (κ2) is 6.97. The summed E-state index contributed by atoms with van der Waals surface area (Å²) in [6.07, 6.45) is -0.257. The summed E-state index contributed by atoms with van der Waals surface area (Å²) >= 11 is 0. The predicted molar refractivity (Wildman–Crippen MR) is 94.2 cm³/mol. The SMILES string of the molecule is COc1ccc(C(=O)C2(C(=O)O)CC2C)cc1CNC(=O)OC(C)(C)C. The van der Waals surface area contributed by atoms with Crippen molar-refractivity contribution in [1.82, 2.24) is 5.32 Å². The van der Waals surface area contributed by atoms with Crippen molar-refractivity contribution in [1.29, 1.82) is 0 Å². The maximum Gasteiger partial charge on any atom is 0.407 e. The van der Waals surface area contributed by atoms with Crippen LogP contribution in [0, 0.1) is 11.3 Å². The maximum absolute atomic E-state index is 12.7. The molecule has 7 nitrogen and oxygen atoms in total. The summed E-state index contributed by atoms with van der Waals surface area (Å²) < 4.78 is 10.4. The van der Waals surface area contributed by atoms with Crippen molar-refractivity contribution in [3.05, 3.63) is 29.3 Å². The third kappa shape index (κ3) is 3.98. The Balaban J connectivity index is 2.20. The molecule has 2 N–H and O–H groups in total. The van der Waals surface area contributed by atoms with E-state index in [1.165, 1.54) is 7.11 Å². The van der Waals surface area contributed by atoms with Gasteiger partial charge in [0.1, 0.15) is 16.8 Å². The molecule has 0 aliphatic heterocycles. The standard InChI is InChI=1S/C19H25NO6/c1-11-9-19(11,16(22)23)15(21)12-6-7-14(25-5)13(8-12)10-20-17(24)26-18(2,3)4/h6-8,11H,9-10H2,1-5H3,(H,20,24)(H,22,23). The van der Waals surface area contributed by atoms with Crippen LogP contribution in [0.1, 0.15) is 50.0 Å². The lowest BCUT2D eigenvalue weighted by molar-refractivity contribution is -0.141. The van der Waals surface area contributed by atoms with Gasteiger partial charge in [-0.25, -0.2) is 4.79 Å². The number of carboxylic acid groups (broad SMARTS) is 1. The van der Waals surface area contributed by atoms with E-state index < -0.39 is 28.9 Å². The quantitative estimate of drug-likeness (QED) is 0.595. The second-order valence-corrected chi connectivity index (χ2v) is 7.59. The van der Waals surface area contributed by atoms with Gasteiger partial charge >= 0.3 is 12.1 Å². The molecule has 1 fully saturated rings. The molecule has 0 aromatic heterocycles. The number of hydrogen-bond acceptors (Lipinski definition) is 5. The number of Topliss-reactive ketones (excluding diaryl/α,β-unsaturated/α-hetero) is 1.